The zero-order valence-corrected chi connectivity index (χ0v) is 22.6. The first-order chi connectivity index (χ1) is 14.3. The zero-order chi connectivity index (χ0) is 24.2. The number of carboxylic acid groups (broad SMARTS) is 2. The molecule has 0 aliphatic heterocycles. The summed E-state index contributed by atoms with van der Waals surface area (Å²) < 4.78 is 0. The fraction of sp³-hybridized carbons (Fsp3) is 0.917. The van der Waals surface area contributed by atoms with E-state index in [1.807, 2.05) is 27.7 Å². The Morgan fingerprint density at radius 3 is 0.935 bits per heavy atom. The summed E-state index contributed by atoms with van der Waals surface area (Å²) >= 11 is 0. The van der Waals surface area contributed by atoms with E-state index in [2.05, 4.69) is 13.8 Å². The van der Waals surface area contributed by atoms with E-state index in [-0.39, 0.29) is 46.8 Å². The molecular formula is C24H48O6Ti. The zero-order valence-electron chi connectivity index (χ0n) is 21.0. The SMILES string of the molecule is CCCCC(CC)C(=O)[O-].CCCCC(CC)C(=O)[O-].CCCC[O-].CCCC[O-].[Ti+4]. The van der Waals surface area contributed by atoms with Crippen molar-refractivity contribution in [3.05, 3.63) is 0 Å². The van der Waals surface area contributed by atoms with Crippen LogP contribution in [0.3, 0.4) is 0 Å². The van der Waals surface area contributed by atoms with Crippen LogP contribution in [0.2, 0.25) is 0 Å². The molecule has 0 amide bonds. The first-order valence-electron chi connectivity index (χ1n) is 11.8. The van der Waals surface area contributed by atoms with Crippen molar-refractivity contribution in [3.63, 3.8) is 0 Å². The van der Waals surface area contributed by atoms with E-state index >= 15 is 0 Å². The third-order valence-electron chi connectivity index (χ3n) is 4.46. The van der Waals surface area contributed by atoms with Crippen LogP contribution in [0.25, 0.3) is 0 Å². The Morgan fingerprint density at radius 1 is 0.581 bits per heavy atom. The number of unbranched alkanes of at least 4 members (excludes halogenated alkanes) is 4. The number of carboxylic acids is 2. The van der Waals surface area contributed by atoms with Crippen molar-refractivity contribution in [1.82, 2.24) is 0 Å². The fourth-order valence-corrected chi connectivity index (χ4v) is 2.17. The smallest absolute Gasteiger partial charge is 0.854 e. The molecule has 184 valence electrons. The van der Waals surface area contributed by atoms with Gasteiger partial charge in [-0.05, 0) is 37.5 Å². The second-order valence-corrected chi connectivity index (χ2v) is 7.25. The standard InChI is InChI=1S/2C8H16O2.2C4H9O.Ti/c2*1-3-5-6-7(4-2)8(9)10;2*1-2-3-4-5;/h2*7H,3-6H2,1-2H3,(H,9,10);2*2-4H2,1H3;/q;;2*-1;+4/p-2. The van der Waals surface area contributed by atoms with Gasteiger partial charge in [0.15, 0.2) is 0 Å². The number of carbonyl (C=O) groups excluding carboxylic acids is 2. The van der Waals surface area contributed by atoms with Crippen molar-refractivity contribution < 1.29 is 51.7 Å². The van der Waals surface area contributed by atoms with Crippen LogP contribution < -0.4 is 20.4 Å². The van der Waals surface area contributed by atoms with Crippen LogP contribution in [0, 0.1) is 11.8 Å². The van der Waals surface area contributed by atoms with Gasteiger partial charge in [-0.3, -0.25) is 0 Å². The third kappa shape index (κ3) is 40.5. The Kier molecular flexibility index (Phi) is 48.7. The van der Waals surface area contributed by atoms with Crippen LogP contribution in [0.5, 0.6) is 0 Å². The summed E-state index contributed by atoms with van der Waals surface area (Å²) in [5.74, 6) is -2.23. The monoisotopic (exact) mass is 480 g/mol. The summed E-state index contributed by atoms with van der Waals surface area (Å²) in [7, 11) is 0. The molecular weight excluding hydrogens is 432 g/mol. The maximum absolute atomic E-state index is 10.3. The van der Waals surface area contributed by atoms with Gasteiger partial charge in [-0.25, -0.2) is 0 Å². The van der Waals surface area contributed by atoms with Gasteiger partial charge in [0.2, 0.25) is 0 Å². The molecule has 0 aromatic rings. The van der Waals surface area contributed by atoms with Crippen LogP contribution in [0.4, 0.5) is 0 Å². The van der Waals surface area contributed by atoms with Crippen molar-refractivity contribution in [2.24, 2.45) is 11.8 Å². The molecule has 0 aromatic carbocycles. The number of hydrogen-bond donors (Lipinski definition) is 0. The maximum Gasteiger partial charge on any atom is 4.00 e. The summed E-state index contributed by atoms with van der Waals surface area (Å²) in [5, 5.41) is 39.7. The third-order valence-corrected chi connectivity index (χ3v) is 4.46. The molecule has 0 N–H and O–H groups in total. The van der Waals surface area contributed by atoms with Gasteiger partial charge >= 0.3 is 21.7 Å². The molecule has 6 nitrogen and oxygen atoms in total. The van der Waals surface area contributed by atoms with E-state index in [1.54, 1.807) is 0 Å². The van der Waals surface area contributed by atoms with Gasteiger partial charge in [0, 0.05) is 11.9 Å². The van der Waals surface area contributed by atoms with Gasteiger partial charge in [-0.2, -0.15) is 0 Å². The summed E-state index contributed by atoms with van der Waals surface area (Å²) in [6.07, 6.45) is 10.8. The van der Waals surface area contributed by atoms with E-state index < -0.39 is 11.9 Å². The predicted molar refractivity (Wildman–Crippen MR) is 116 cm³/mol. The molecule has 0 aliphatic rings. The minimum atomic E-state index is -0.893. The van der Waals surface area contributed by atoms with Crippen molar-refractivity contribution in [2.75, 3.05) is 13.2 Å². The molecule has 31 heavy (non-hydrogen) atoms. The molecule has 0 rings (SSSR count). The first-order valence-corrected chi connectivity index (χ1v) is 11.8. The largest absolute Gasteiger partial charge is 4.00 e. The minimum Gasteiger partial charge on any atom is -0.854 e. The molecule has 0 aliphatic carbocycles. The molecule has 0 saturated heterocycles. The average Bonchev–Trinajstić information content (AvgIpc) is 2.71. The maximum atomic E-state index is 10.3. The topological polar surface area (TPSA) is 126 Å². The molecule has 0 spiro atoms. The first kappa shape index (κ1) is 40.9. The molecule has 7 heteroatoms. The quantitative estimate of drug-likeness (QED) is 0.351. The van der Waals surface area contributed by atoms with Gasteiger partial charge in [0.25, 0.3) is 0 Å². The summed E-state index contributed by atoms with van der Waals surface area (Å²) in [5.41, 5.74) is 0. The molecule has 0 radical (unpaired) electrons. The van der Waals surface area contributed by atoms with Crippen LogP contribution in [0.15, 0.2) is 0 Å². The molecule has 0 saturated carbocycles. The molecule has 2 atom stereocenters. The van der Waals surface area contributed by atoms with Gasteiger partial charge in [0.05, 0.1) is 0 Å². The van der Waals surface area contributed by atoms with E-state index in [9.17, 15) is 30.0 Å². The number of hydrogen-bond acceptors (Lipinski definition) is 6. The number of carbonyl (C=O) groups is 2. The molecule has 0 heterocycles. The van der Waals surface area contributed by atoms with Crippen molar-refractivity contribution in [3.8, 4) is 0 Å². The molecule has 2 unspecified atom stereocenters. The Labute approximate surface area is 207 Å². The van der Waals surface area contributed by atoms with E-state index in [0.29, 0.717) is 12.8 Å². The normalized spacial score (nSPS) is 11.1. The second-order valence-electron chi connectivity index (χ2n) is 7.25. The van der Waals surface area contributed by atoms with Gasteiger partial charge in [-0.15, -0.1) is 13.2 Å². The summed E-state index contributed by atoms with van der Waals surface area (Å²) in [4.78, 5) is 20.7. The van der Waals surface area contributed by atoms with Gasteiger partial charge in [-0.1, -0.05) is 92.9 Å². The Balaban J connectivity index is -0.000000101. The van der Waals surface area contributed by atoms with Crippen molar-refractivity contribution in [1.29, 1.82) is 0 Å². The number of rotatable bonds is 14. The van der Waals surface area contributed by atoms with Gasteiger partial charge < -0.3 is 30.0 Å². The average molecular weight is 481 g/mol. The van der Waals surface area contributed by atoms with Crippen LogP contribution in [-0.2, 0) is 31.3 Å². The van der Waals surface area contributed by atoms with Gasteiger partial charge in [0.1, 0.15) is 0 Å². The van der Waals surface area contributed by atoms with E-state index in [0.717, 1.165) is 64.2 Å². The molecule has 0 bridgehead atoms. The predicted octanol–water partition coefficient (Wildman–Crippen LogP) is 2.20. The fourth-order valence-electron chi connectivity index (χ4n) is 2.17. The Morgan fingerprint density at radius 2 is 0.839 bits per heavy atom. The van der Waals surface area contributed by atoms with Crippen LogP contribution in [-0.4, -0.2) is 25.2 Å². The van der Waals surface area contributed by atoms with Crippen molar-refractivity contribution in [2.45, 2.75) is 119 Å². The van der Waals surface area contributed by atoms with Crippen molar-refractivity contribution >= 4 is 11.9 Å². The van der Waals surface area contributed by atoms with Crippen LogP contribution >= 0.6 is 0 Å². The summed E-state index contributed by atoms with van der Waals surface area (Å²) in [6, 6.07) is 0. The minimum absolute atomic E-state index is 0. The molecule has 0 aromatic heterocycles. The Bertz CT molecular complexity index is 304. The van der Waals surface area contributed by atoms with E-state index in [4.69, 9.17) is 0 Å². The van der Waals surface area contributed by atoms with E-state index in [1.165, 1.54) is 0 Å². The summed E-state index contributed by atoms with van der Waals surface area (Å²) in [6.45, 7) is 12.1. The number of aliphatic carboxylic acids is 2. The van der Waals surface area contributed by atoms with Crippen LogP contribution in [0.1, 0.15) is 119 Å². The Hall–Kier alpha value is -0.426. The second kappa shape index (κ2) is 36.9. The molecule has 0 fully saturated rings.